The number of benzene rings is 1. The van der Waals surface area contributed by atoms with Crippen LogP contribution in [-0.2, 0) is 24.0 Å². The van der Waals surface area contributed by atoms with Crippen molar-refractivity contribution < 1.29 is 22.1 Å². The van der Waals surface area contributed by atoms with Crippen LogP contribution in [0.3, 0.4) is 0 Å². The molecule has 1 aromatic carbocycles. The Morgan fingerprint density at radius 1 is 1.22 bits per heavy atom. The second kappa shape index (κ2) is 7.23. The lowest BCUT2D eigenvalue weighted by atomic mass is 10.1. The molecule has 2 unspecified atom stereocenters. The van der Waals surface area contributed by atoms with Crippen molar-refractivity contribution in [2.24, 2.45) is 0 Å². The highest BCUT2D eigenvalue weighted by Gasteiger charge is 2.48. The summed E-state index contributed by atoms with van der Waals surface area (Å²) in [6, 6.07) is 5.02. The van der Waals surface area contributed by atoms with Crippen molar-refractivity contribution in [2.45, 2.75) is 44.8 Å². The van der Waals surface area contributed by atoms with Crippen molar-refractivity contribution in [3.8, 4) is 0 Å². The summed E-state index contributed by atoms with van der Waals surface area (Å²) in [5.74, 6) is -0.923. The minimum atomic E-state index is -3.98. The van der Waals surface area contributed by atoms with Gasteiger partial charge in [-0.1, -0.05) is 43.1 Å². The lowest BCUT2D eigenvalue weighted by Crippen LogP contribution is -2.40. The summed E-state index contributed by atoms with van der Waals surface area (Å²) in [6.45, 7) is 3.78. The molecule has 0 aliphatic carbocycles. The van der Waals surface area contributed by atoms with Gasteiger partial charge in [0.1, 0.15) is 6.10 Å². The quantitative estimate of drug-likeness (QED) is 0.814. The fourth-order valence-electron chi connectivity index (χ4n) is 2.47. The van der Waals surface area contributed by atoms with Gasteiger partial charge in [0.2, 0.25) is 0 Å². The van der Waals surface area contributed by atoms with Crippen molar-refractivity contribution in [2.75, 3.05) is 7.11 Å². The van der Waals surface area contributed by atoms with Gasteiger partial charge in [0, 0.05) is 15.6 Å². The van der Waals surface area contributed by atoms with E-state index in [4.69, 9.17) is 32.7 Å². The molecule has 1 heterocycles. The van der Waals surface area contributed by atoms with Crippen LogP contribution in [0.5, 0.6) is 0 Å². The van der Waals surface area contributed by atoms with E-state index in [1.54, 1.807) is 18.2 Å². The van der Waals surface area contributed by atoms with E-state index < -0.39 is 28.4 Å². The second-order valence-corrected chi connectivity index (χ2v) is 7.36. The highest BCUT2D eigenvalue weighted by atomic mass is 35.5. The Balaban J connectivity index is 2.44. The van der Waals surface area contributed by atoms with Crippen LogP contribution in [0.15, 0.2) is 18.2 Å². The van der Waals surface area contributed by atoms with Gasteiger partial charge in [0.25, 0.3) is 0 Å². The van der Waals surface area contributed by atoms with Crippen LogP contribution >= 0.6 is 23.2 Å². The van der Waals surface area contributed by atoms with Gasteiger partial charge in [-0.3, -0.25) is 4.18 Å². The van der Waals surface area contributed by atoms with Crippen LogP contribution in [-0.4, -0.2) is 27.5 Å². The summed E-state index contributed by atoms with van der Waals surface area (Å²) in [5.41, 5.74) is 0.475. The van der Waals surface area contributed by atoms with Crippen LogP contribution in [0.4, 0.5) is 0 Å². The Morgan fingerprint density at radius 3 is 2.26 bits per heavy atom. The van der Waals surface area contributed by atoms with E-state index in [-0.39, 0.29) is 0 Å². The molecule has 0 aromatic heterocycles. The van der Waals surface area contributed by atoms with E-state index in [1.165, 1.54) is 0 Å². The van der Waals surface area contributed by atoms with Gasteiger partial charge in [-0.05, 0) is 25.0 Å². The van der Waals surface area contributed by atoms with Crippen LogP contribution < -0.4 is 4.72 Å². The van der Waals surface area contributed by atoms with Gasteiger partial charge in [-0.25, -0.2) is 0 Å². The molecule has 0 bridgehead atoms. The summed E-state index contributed by atoms with van der Waals surface area (Å²) in [4.78, 5) is 0. The van der Waals surface area contributed by atoms with E-state index in [9.17, 15) is 8.42 Å². The molecular weight excluding hydrogens is 365 g/mol. The number of ether oxygens (including phenoxy) is 2. The molecule has 1 aromatic rings. The van der Waals surface area contributed by atoms with Crippen molar-refractivity contribution in [3.05, 3.63) is 33.8 Å². The number of nitrogens with one attached hydrogen (secondary N) is 1. The molecule has 0 amide bonds. The molecule has 6 nitrogen and oxygen atoms in total. The maximum Gasteiger partial charge on any atom is 0.337 e. The third kappa shape index (κ3) is 3.99. The predicted octanol–water partition coefficient (Wildman–Crippen LogP) is 3.40. The monoisotopic (exact) mass is 383 g/mol. The summed E-state index contributed by atoms with van der Waals surface area (Å²) >= 11 is 12.5. The molecule has 0 spiro atoms. The maximum atomic E-state index is 11.8. The van der Waals surface area contributed by atoms with E-state index in [1.807, 2.05) is 13.8 Å². The third-order valence-corrected chi connectivity index (χ3v) is 5.42. The first-order valence-electron chi connectivity index (χ1n) is 7.15. The zero-order valence-corrected chi connectivity index (χ0v) is 15.3. The van der Waals surface area contributed by atoms with Crippen molar-refractivity contribution in [1.29, 1.82) is 0 Å². The first-order chi connectivity index (χ1) is 10.8. The van der Waals surface area contributed by atoms with E-state index in [2.05, 4.69) is 8.91 Å². The Labute approximate surface area is 146 Å². The Hall–Kier alpha value is -0.410. The fraction of sp³-hybridized carbons (Fsp3) is 0.571. The molecule has 1 aliphatic heterocycles. The van der Waals surface area contributed by atoms with Crippen molar-refractivity contribution >= 4 is 33.5 Å². The Kier molecular flexibility index (Phi) is 5.94. The molecule has 1 aliphatic rings. The minimum absolute atomic E-state index is 0.371. The van der Waals surface area contributed by atoms with Crippen LogP contribution in [0.1, 0.15) is 38.4 Å². The molecule has 9 heteroatoms. The molecule has 1 saturated heterocycles. The summed E-state index contributed by atoms with van der Waals surface area (Å²) in [6.07, 6.45) is -0.723. The molecule has 1 N–H and O–H groups in total. The molecule has 0 saturated carbocycles. The zero-order chi connectivity index (χ0) is 17.3. The molecule has 23 heavy (non-hydrogen) atoms. The number of rotatable bonds is 6. The Bertz CT molecular complexity index is 643. The van der Waals surface area contributed by atoms with Gasteiger partial charge >= 0.3 is 10.3 Å². The lowest BCUT2D eigenvalue weighted by Gasteiger charge is -2.25. The van der Waals surface area contributed by atoms with E-state index >= 15 is 0 Å². The molecular formula is C14H19Cl2NO5S. The second-order valence-electron chi connectivity index (χ2n) is 5.07. The van der Waals surface area contributed by atoms with Gasteiger partial charge in [0.15, 0.2) is 12.0 Å². The minimum Gasteiger partial charge on any atom is -0.338 e. The summed E-state index contributed by atoms with van der Waals surface area (Å²) in [7, 11) is -2.92. The topological polar surface area (TPSA) is 73.9 Å². The molecule has 1 fully saturated rings. The van der Waals surface area contributed by atoms with E-state index in [0.29, 0.717) is 28.5 Å². The average molecular weight is 384 g/mol. The Morgan fingerprint density at radius 2 is 1.78 bits per heavy atom. The molecule has 130 valence electrons. The highest BCUT2D eigenvalue weighted by Crippen LogP contribution is 2.45. The van der Waals surface area contributed by atoms with Gasteiger partial charge < -0.3 is 9.47 Å². The first-order valence-corrected chi connectivity index (χ1v) is 9.31. The van der Waals surface area contributed by atoms with Gasteiger partial charge in [0.05, 0.1) is 7.11 Å². The zero-order valence-electron chi connectivity index (χ0n) is 13.0. The predicted molar refractivity (Wildman–Crippen MR) is 87.5 cm³/mol. The summed E-state index contributed by atoms with van der Waals surface area (Å²) < 4.78 is 42.1. The van der Waals surface area contributed by atoms with Crippen molar-refractivity contribution in [1.82, 2.24) is 4.72 Å². The third-order valence-electron chi connectivity index (χ3n) is 3.80. The maximum absolute atomic E-state index is 11.8. The highest BCUT2D eigenvalue weighted by molar-refractivity contribution is 7.84. The number of halogens is 2. The standard InChI is InChI=1S/C14H19Cl2NO5S/c1-4-14(5-2)21-12(11-9(15)7-6-8-10(11)16)13(22-14)17-23(18,19)20-3/h6-8,12-13,17H,4-5H2,1-3H3. The summed E-state index contributed by atoms with van der Waals surface area (Å²) in [5, 5.41) is 0.742. The normalized spacial score (nSPS) is 24.0. The SMILES string of the molecule is CCC1(CC)OC(NS(=O)(=O)OC)C(c2c(Cl)cccc2Cl)O1. The molecule has 2 atom stereocenters. The first kappa shape index (κ1) is 18.9. The van der Waals surface area contributed by atoms with Crippen molar-refractivity contribution in [3.63, 3.8) is 0 Å². The smallest absolute Gasteiger partial charge is 0.337 e. The average Bonchev–Trinajstić information content (AvgIpc) is 2.86. The van der Waals surface area contributed by atoms with E-state index in [0.717, 1.165) is 7.11 Å². The molecule has 0 radical (unpaired) electrons. The number of hydrogen-bond donors (Lipinski definition) is 1. The van der Waals surface area contributed by atoms with Gasteiger partial charge in [-0.15, -0.1) is 0 Å². The van der Waals surface area contributed by atoms with Gasteiger partial charge in [-0.2, -0.15) is 13.1 Å². The largest absolute Gasteiger partial charge is 0.338 e. The van der Waals surface area contributed by atoms with Crippen LogP contribution in [0.2, 0.25) is 10.0 Å². The van der Waals surface area contributed by atoms with Crippen LogP contribution in [0.25, 0.3) is 0 Å². The number of hydrogen-bond acceptors (Lipinski definition) is 5. The van der Waals surface area contributed by atoms with Crippen LogP contribution in [0, 0.1) is 0 Å². The fourth-order valence-corrected chi connectivity index (χ4v) is 3.63. The molecule has 2 rings (SSSR count). The lowest BCUT2D eigenvalue weighted by molar-refractivity contribution is -0.180.